The van der Waals surface area contributed by atoms with Crippen LogP contribution in [0.5, 0.6) is 0 Å². The minimum atomic E-state index is -0.955. The maximum Gasteiger partial charge on any atom is 0.320 e. The molecule has 2 N–H and O–H groups in total. The Hall–Kier alpha value is -0.810. The van der Waals surface area contributed by atoms with Crippen molar-refractivity contribution >= 4 is 24.3 Å². The summed E-state index contributed by atoms with van der Waals surface area (Å²) in [7, 11) is 0. The standard InChI is InChI=1S/C9H17NO4.ClH/c1-3-10(4-2)7(9(13)14)5-6-8(11)12;/h7H,3-6H2,1-2H3,(H,11,12)(H,13,14);1H. The van der Waals surface area contributed by atoms with Crippen LogP contribution in [0.3, 0.4) is 0 Å². The lowest BCUT2D eigenvalue weighted by molar-refractivity contribution is -0.144. The Labute approximate surface area is 95.5 Å². The minimum Gasteiger partial charge on any atom is -0.481 e. The van der Waals surface area contributed by atoms with Crippen molar-refractivity contribution in [1.29, 1.82) is 0 Å². The molecule has 0 radical (unpaired) electrons. The van der Waals surface area contributed by atoms with Crippen molar-refractivity contribution in [1.82, 2.24) is 4.90 Å². The molecule has 0 saturated carbocycles. The molecule has 1 atom stereocenters. The van der Waals surface area contributed by atoms with Crippen LogP contribution in [0.1, 0.15) is 26.7 Å². The number of rotatable bonds is 7. The molecule has 0 aromatic heterocycles. The number of halogens is 1. The summed E-state index contributed by atoms with van der Waals surface area (Å²) < 4.78 is 0. The van der Waals surface area contributed by atoms with Crippen molar-refractivity contribution in [3.63, 3.8) is 0 Å². The molecule has 0 heterocycles. The van der Waals surface area contributed by atoms with Gasteiger partial charge in [0.2, 0.25) is 0 Å². The molecule has 15 heavy (non-hydrogen) atoms. The number of likely N-dealkylation sites (N-methyl/N-ethyl adjacent to an activating group) is 1. The van der Waals surface area contributed by atoms with E-state index in [0.29, 0.717) is 13.1 Å². The van der Waals surface area contributed by atoms with Crippen LogP contribution in [0.4, 0.5) is 0 Å². The fourth-order valence-electron chi connectivity index (χ4n) is 1.39. The fraction of sp³-hybridized carbons (Fsp3) is 0.778. The van der Waals surface area contributed by atoms with Gasteiger partial charge in [0.25, 0.3) is 0 Å². The van der Waals surface area contributed by atoms with Crippen LogP contribution in [-0.2, 0) is 9.59 Å². The van der Waals surface area contributed by atoms with Gasteiger partial charge in [0, 0.05) is 6.42 Å². The molecule has 0 rings (SSSR count). The number of carbonyl (C=O) groups is 2. The lowest BCUT2D eigenvalue weighted by atomic mass is 10.1. The molecule has 90 valence electrons. The first-order valence-electron chi connectivity index (χ1n) is 4.71. The van der Waals surface area contributed by atoms with Gasteiger partial charge >= 0.3 is 11.9 Å². The summed E-state index contributed by atoms with van der Waals surface area (Å²) in [4.78, 5) is 22.9. The molecule has 0 aromatic rings. The van der Waals surface area contributed by atoms with Gasteiger partial charge in [-0.3, -0.25) is 14.5 Å². The molecule has 0 saturated heterocycles. The maximum absolute atomic E-state index is 10.8. The monoisotopic (exact) mass is 239 g/mol. The van der Waals surface area contributed by atoms with E-state index < -0.39 is 18.0 Å². The Kier molecular flexibility index (Phi) is 9.41. The van der Waals surface area contributed by atoms with Crippen molar-refractivity contribution in [3.05, 3.63) is 0 Å². The number of carboxylic acid groups (broad SMARTS) is 2. The van der Waals surface area contributed by atoms with Gasteiger partial charge in [0.05, 0.1) is 0 Å². The second-order valence-corrected chi connectivity index (χ2v) is 3.01. The Morgan fingerprint density at radius 3 is 1.93 bits per heavy atom. The highest BCUT2D eigenvalue weighted by Crippen LogP contribution is 2.07. The smallest absolute Gasteiger partial charge is 0.320 e. The molecule has 0 aliphatic carbocycles. The summed E-state index contributed by atoms with van der Waals surface area (Å²) in [6.07, 6.45) is 0.0554. The number of hydrogen-bond donors (Lipinski definition) is 2. The summed E-state index contributed by atoms with van der Waals surface area (Å²) in [5, 5.41) is 17.3. The third-order valence-corrected chi connectivity index (χ3v) is 2.17. The van der Waals surface area contributed by atoms with Gasteiger partial charge in [0.15, 0.2) is 0 Å². The Balaban J connectivity index is 0. The maximum atomic E-state index is 10.8. The van der Waals surface area contributed by atoms with E-state index in [4.69, 9.17) is 10.2 Å². The first-order valence-corrected chi connectivity index (χ1v) is 4.71. The lowest BCUT2D eigenvalue weighted by Gasteiger charge is -2.25. The average Bonchev–Trinajstić information content (AvgIpc) is 2.11. The highest BCUT2D eigenvalue weighted by Gasteiger charge is 2.23. The number of carboxylic acids is 2. The Morgan fingerprint density at radius 1 is 1.20 bits per heavy atom. The molecule has 0 bridgehead atoms. The van der Waals surface area contributed by atoms with Crippen molar-refractivity contribution < 1.29 is 19.8 Å². The zero-order valence-electron chi connectivity index (χ0n) is 8.97. The van der Waals surface area contributed by atoms with Crippen LogP contribution in [0, 0.1) is 0 Å². The van der Waals surface area contributed by atoms with Crippen LogP contribution < -0.4 is 0 Å². The summed E-state index contributed by atoms with van der Waals surface area (Å²) in [6.45, 7) is 4.96. The second-order valence-electron chi connectivity index (χ2n) is 3.01. The summed E-state index contributed by atoms with van der Waals surface area (Å²) >= 11 is 0. The summed E-state index contributed by atoms with van der Waals surface area (Å²) in [5.41, 5.74) is 0. The third kappa shape index (κ3) is 6.30. The quantitative estimate of drug-likeness (QED) is 0.695. The molecular weight excluding hydrogens is 222 g/mol. The van der Waals surface area contributed by atoms with E-state index >= 15 is 0 Å². The van der Waals surface area contributed by atoms with E-state index in [0.717, 1.165) is 0 Å². The molecular formula is C9H18ClNO4. The van der Waals surface area contributed by atoms with E-state index in [2.05, 4.69) is 0 Å². The minimum absolute atomic E-state index is 0. The van der Waals surface area contributed by atoms with E-state index in [-0.39, 0.29) is 25.2 Å². The highest BCUT2D eigenvalue weighted by molar-refractivity contribution is 5.85. The van der Waals surface area contributed by atoms with Gasteiger partial charge in [-0.25, -0.2) is 0 Å². The van der Waals surface area contributed by atoms with Gasteiger partial charge in [-0.1, -0.05) is 13.8 Å². The number of nitrogens with zero attached hydrogens (tertiary/aromatic N) is 1. The normalized spacial score (nSPS) is 11.9. The van der Waals surface area contributed by atoms with Crippen LogP contribution in [-0.4, -0.2) is 46.2 Å². The predicted molar refractivity (Wildman–Crippen MR) is 58.5 cm³/mol. The molecule has 0 amide bonds. The molecule has 1 unspecified atom stereocenters. The zero-order valence-corrected chi connectivity index (χ0v) is 9.79. The van der Waals surface area contributed by atoms with Crippen LogP contribution in [0.2, 0.25) is 0 Å². The molecule has 6 heteroatoms. The Bertz CT molecular complexity index is 206. The topological polar surface area (TPSA) is 77.8 Å². The lowest BCUT2D eigenvalue weighted by Crippen LogP contribution is -2.41. The number of hydrogen-bond acceptors (Lipinski definition) is 3. The van der Waals surface area contributed by atoms with E-state index in [1.807, 2.05) is 13.8 Å². The first kappa shape index (κ1) is 16.6. The first-order chi connectivity index (χ1) is 6.52. The predicted octanol–water partition coefficient (Wildman–Crippen LogP) is 1.07. The molecule has 0 fully saturated rings. The SMILES string of the molecule is CCN(CC)C(CCC(=O)O)C(=O)O.Cl. The largest absolute Gasteiger partial charge is 0.481 e. The van der Waals surface area contributed by atoms with Crippen LogP contribution in [0.25, 0.3) is 0 Å². The van der Waals surface area contributed by atoms with E-state index in [9.17, 15) is 9.59 Å². The fourth-order valence-corrected chi connectivity index (χ4v) is 1.39. The molecule has 0 aromatic carbocycles. The van der Waals surface area contributed by atoms with Crippen molar-refractivity contribution in [3.8, 4) is 0 Å². The molecule has 5 nitrogen and oxygen atoms in total. The third-order valence-electron chi connectivity index (χ3n) is 2.17. The summed E-state index contributed by atoms with van der Waals surface area (Å²) in [6, 6.07) is -0.680. The Morgan fingerprint density at radius 2 is 1.67 bits per heavy atom. The molecule has 0 spiro atoms. The van der Waals surface area contributed by atoms with E-state index in [1.54, 1.807) is 4.90 Å². The van der Waals surface area contributed by atoms with Crippen molar-refractivity contribution in [2.45, 2.75) is 32.7 Å². The average molecular weight is 240 g/mol. The van der Waals surface area contributed by atoms with Crippen LogP contribution >= 0.6 is 12.4 Å². The molecule has 0 aliphatic rings. The van der Waals surface area contributed by atoms with Gasteiger partial charge < -0.3 is 10.2 Å². The zero-order chi connectivity index (χ0) is 11.1. The highest BCUT2D eigenvalue weighted by atomic mass is 35.5. The van der Waals surface area contributed by atoms with Gasteiger partial charge in [0.1, 0.15) is 6.04 Å². The van der Waals surface area contributed by atoms with Crippen molar-refractivity contribution in [2.75, 3.05) is 13.1 Å². The van der Waals surface area contributed by atoms with Gasteiger partial charge in [-0.15, -0.1) is 12.4 Å². The van der Waals surface area contributed by atoms with Crippen LogP contribution in [0.15, 0.2) is 0 Å². The van der Waals surface area contributed by atoms with Crippen molar-refractivity contribution in [2.24, 2.45) is 0 Å². The second kappa shape index (κ2) is 8.49. The van der Waals surface area contributed by atoms with Gasteiger partial charge in [-0.05, 0) is 19.5 Å². The summed E-state index contributed by atoms with van der Waals surface area (Å²) in [5.74, 6) is -1.90. The number of aliphatic carboxylic acids is 2. The van der Waals surface area contributed by atoms with E-state index in [1.165, 1.54) is 0 Å². The molecule has 0 aliphatic heterocycles. The van der Waals surface area contributed by atoms with Gasteiger partial charge in [-0.2, -0.15) is 0 Å².